The van der Waals surface area contributed by atoms with Gasteiger partial charge in [-0.15, -0.1) is 0 Å². The van der Waals surface area contributed by atoms with Crippen LogP contribution in [0.3, 0.4) is 0 Å². The maximum absolute atomic E-state index is 12.5. The maximum atomic E-state index is 12.5. The first-order valence-corrected chi connectivity index (χ1v) is 6.20. The molecular formula is C11H16N6O2. The van der Waals surface area contributed by atoms with Crippen LogP contribution in [0.1, 0.15) is 0 Å². The van der Waals surface area contributed by atoms with Crippen LogP contribution in [0.5, 0.6) is 0 Å². The highest BCUT2D eigenvalue weighted by Gasteiger charge is 2.20. The minimum absolute atomic E-state index is 0.306. The van der Waals surface area contributed by atoms with Gasteiger partial charge in [0.2, 0.25) is 0 Å². The molecular weight excluding hydrogens is 248 g/mol. The lowest BCUT2D eigenvalue weighted by Crippen LogP contribution is -2.58. The Morgan fingerprint density at radius 1 is 1.21 bits per heavy atom. The molecule has 2 aromatic heterocycles. The summed E-state index contributed by atoms with van der Waals surface area (Å²) in [5.41, 5.74) is 0.211. The van der Waals surface area contributed by atoms with E-state index < -0.39 is 0 Å². The van der Waals surface area contributed by atoms with Crippen molar-refractivity contribution in [1.82, 2.24) is 24.1 Å². The van der Waals surface area contributed by atoms with Gasteiger partial charge < -0.3 is 14.9 Å². The molecule has 0 spiro atoms. The van der Waals surface area contributed by atoms with Gasteiger partial charge in [-0.25, -0.2) is 9.78 Å². The topological polar surface area (TPSA) is 77.1 Å². The van der Waals surface area contributed by atoms with E-state index in [0.29, 0.717) is 24.3 Å². The fourth-order valence-electron chi connectivity index (χ4n) is 2.43. The molecule has 0 unspecified atom stereocenters. The summed E-state index contributed by atoms with van der Waals surface area (Å²) in [6, 6.07) is 0. The molecule has 2 aromatic rings. The molecule has 1 saturated heterocycles. The predicted octanol–water partition coefficient (Wildman–Crippen LogP) is -2.03. The monoisotopic (exact) mass is 264 g/mol. The van der Waals surface area contributed by atoms with E-state index >= 15 is 0 Å². The molecule has 3 rings (SSSR count). The molecule has 8 heteroatoms. The van der Waals surface area contributed by atoms with Crippen molar-refractivity contribution in [2.24, 2.45) is 14.1 Å². The number of imidazole rings is 1. The van der Waals surface area contributed by atoms with Gasteiger partial charge in [-0.05, 0) is 0 Å². The second kappa shape index (κ2) is 4.23. The molecule has 3 heterocycles. The lowest BCUT2D eigenvalue weighted by atomic mass is 10.4. The van der Waals surface area contributed by atoms with E-state index in [1.165, 1.54) is 9.24 Å². The molecule has 0 bridgehead atoms. The first-order chi connectivity index (χ1) is 9.11. The minimum atomic E-state index is -0.349. The van der Waals surface area contributed by atoms with E-state index in [1.54, 1.807) is 30.0 Å². The average molecular weight is 264 g/mol. The summed E-state index contributed by atoms with van der Waals surface area (Å²) in [7, 11) is 3.39. The van der Waals surface area contributed by atoms with Crippen LogP contribution in [0.2, 0.25) is 0 Å². The number of nitrogens with zero attached hydrogens (tertiary/aromatic N) is 5. The molecule has 0 saturated carbocycles. The Labute approximate surface area is 108 Å². The van der Waals surface area contributed by atoms with Crippen LogP contribution in [0.15, 0.2) is 15.9 Å². The summed E-state index contributed by atoms with van der Waals surface area (Å²) in [6.45, 7) is 2.80. The van der Waals surface area contributed by atoms with E-state index in [4.69, 9.17) is 0 Å². The molecule has 8 nitrogen and oxygen atoms in total. The van der Waals surface area contributed by atoms with Crippen molar-refractivity contribution in [3.8, 4) is 0 Å². The molecule has 19 heavy (non-hydrogen) atoms. The molecule has 0 amide bonds. The highest BCUT2D eigenvalue weighted by atomic mass is 16.2. The number of fused-ring (bicyclic) bond motifs is 1. The molecule has 0 atom stereocenters. The zero-order valence-electron chi connectivity index (χ0n) is 11.0. The van der Waals surface area contributed by atoms with Crippen LogP contribution in [0.4, 0.5) is 0 Å². The van der Waals surface area contributed by atoms with Crippen LogP contribution in [0, 0.1) is 0 Å². The van der Waals surface area contributed by atoms with E-state index in [2.05, 4.69) is 10.3 Å². The molecule has 1 fully saturated rings. The van der Waals surface area contributed by atoms with Gasteiger partial charge >= 0.3 is 11.2 Å². The van der Waals surface area contributed by atoms with Crippen LogP contribution >= 0.6 is 0 Å². The number of hydrogen-bond donors (Lipinski definition) is 1. The zero-order valence-corrected chi connectivity index (χ0v) is 11.0. The highest BCUT2D eigenvalue weighted by Crippen LogP contribution is 2.03. The molecule has 0 aliphatic carbocycles. The molecule has 0 aromatic carbocycles. The Balaban J connectivity index is 2.32. The summed E-state index contributed by atoms with van der Waals surface area (Å²) < 4.78 is 4.29. The molecule has 1 N–H and O–H groups in total. The van der Waals surface area contributed by atoms with Crippen molar-refractivity contribution < 1.29 is 0 Å². The van der Waals surface area contributed by atoms with E-state index in [1.807, 2.05) is 0 Å². The summed E-state index contributed by atoms with van der Waals surface area (Å²) >= 11 is 0. The van der Waals surface area contributed by atoms with Crippen LogP contribution in [-0.2, 0) is 14.1 Å². The van der Waals surface area contributed by atoms with Gasteiger partial charge in [0.25, 0.3) is 0 Å². The van der Waals surface area contributed by atoms with Gasteiger partial charge in [0, 0.05) is 40.3 Å². The number of piperazine rings is 1. The Kier molecular flexibility index (Phi) is 2.67. The maximum Gasteiger partial charge on any atom is 0.351 e. The lowest BCUT2D eigenvalue weighted by Gasteiger charge is -2.29. The van der Waals surface area contributed by atoms with Gasteiger partial charge in [-0.2, -0.15) is 4.68 Å². The third kappa shape index (κ3) is 1.67. The van der Waals surface area contributed by atoms with Gasteiger partial charge in [0.15, 0.2) is 11.2 Å². The van der Waals surface area contributed by atoms with E-state index in [0.717, 1.165) is 13.1 Å². The van der Waals surface area contributed by atoms with Crippen molar-refractivity contribution in [2.75, 3.05) is 31.2 Å². The van der Waals surface area contributed by atoms with Crippen molar-refractivity contribution in [1.29, 1.82) is 0 Å². The Hall–Kier alpha value is -2.09. The van der Waals surface area contributed by atoms with Crippen molar-refractivity contribution in [3.63, 3.8) is 0 Å². The molecule has 102 valence electrons. The van der Waals surface area contributed by atoms with Crippen molar-refractivity contribution in [2.45, 2.75) is 0 Å². The third-order valence-electron chi connectivity index (χ3n) is 3.47. The second-order valence-corrected chi connectivity index (χ2v) is 4.69. The molecule has 0 radical (unpaired) electrons. The average Bonchev–Trinajstić information content (AvgIpc) is 2.80. The quantitative estimate of drug-likeness (QED) is 0.643. The van der Waals surface area contributed by atoms with Gasteiger partial charge in [-0.1, -0.05) is 0 Å². The number of aromatic nitrogens is 4. The number of nitrogens with one attached hydrogen (secondary N) is 1. The van der Waals surface area contributed by atoms with Crippen LogP contribution < -0.4 is 21.6 Å². The fourth-order valence-corrected chi connectivity index (χ4v) is 2.43. The summed E-state index contributed by atoms with van der Waals surface area (Å²) in [6.07, 6.45) is 1.55. The van der Waals surface area contributed by atoms with Crippen LogP contribution in [0.25, 0.3) is 11.2 Å². The smallest absolute Gasteiger partial charge is 0.328 e. The summed E-state index contributed by atoms with van der Waals surface area (Å²) in [5, 5.41) is 4.98. The summed E-state index contributed by atoms with van der Waals surface area (Å²) in [4.78, 5) is 28.9. The van der Waals surface area contributed by atoms with Gasteiger partial charge in [-0.3, -0.25) is 9.36 Å². The normalized spacial score (nSPS) is 16.2. The fraction of sp³-hybridized carbons (Fsp3) is 0.545. The second-order valence-electron chi connectivity index (χ2n) is 4.69. The van der Waals surface area contributed by atoms with Gasteiger partial charge in [0.1, 0.15) is 0 Å². The number of aryl methyl sites for hydroxylation is 2. The Bertz CT molecular complexity index is 734. The largest absolute Gasteiger partial charge is 0.351 e. The van der Waals surface area contributed by atoms with Crippen molar-refractivity contribution in [3.05, 3.63) is 27.2 Å². The first-order valence-electron chi connectivity index (χ1n) is 6.20. The minimum Gasteiger partial charge on any atom is -0.328 e. The predicted molar refractivity (Wildman–Crippen MR) is 71.0 cm³/mol. The van der Waals surface area contributed by atoms with Gasteiger partial charge in [0.05, 0.1) is 6.33 Å². The summed E-state index contributed by atoms with van der Waals surface area (Å²) in [5.74, 6) is 0. The number of rotatable bonds is 1. The SMILES string of the molecule is Cn1cnc2c1c(=O)n(N1CCNCC1)c(=O)n2C. The van der Waals surface area contributed by atoms with E-state index in [9.17, 15) is 9.59 Å². The Morgan fingerprint density at radius 2 is 1.89 bits per heavy atom. The Morgan fingerprint density at radius 3 is 2.58 bits per heavy atom. The van der Waals surface area contributed by atoms with Crippen LogP contribution in [-0.4, -0.2) is 45.0 Å². The van der Waals surface area contributed by atoms with Crippen molar-refractivity contribution >= 4 is 11.2 Å². The highest BCUT2D eigenvalue weighted by molar-refractivity contribution is 5.69. The zero-order chi connectivity index (χ0) is 13.6. The number of hydrogen-bond acceptors (Lipinski definition) is 5. The first kappa shape index (κ1) is 12.0. The standard InChI is InChI=1S/C11H16N6O2/c1-14-7-13-9-8(14)10(18)17(11(19)15(9)2)16-5-3-12-4-6-16/h7,12H,3-6H2,1-2H3. The molecule has 1 aliphatic heterocycles. The molecule has 1 aliphatic rings. The van der Waals surface area contributed by atoms with E-state index in [-0.39, 0.29) is 11.2 Å². The third-order valence-corrected chi connectivity index (χ3v) is 3.47. The lowest BCUT2D eigenvalue weighted by molar-refractivity contribution is 0.462.